The summed E-state index contributed by atoms with van der Waals surface area (Å²) in [6.07, 6.45) is -8.13. The molecule has 1 aromatic heterocycles. The summed E-state index contributed by atoms with van der Waals surface area (Å²) >= 11 is 0. The molecule has 0 saturated heterocycles. The minimum atomic E-state index is -5.05. The zero-order chi connectivity index (χ0) is 27.1. The number of hydrogen-bond donors (Lipinski definition) is 0. The summed E-state index contributed by atoms with van der Waals surface area (Å²) in [5.74, 6) is -0.925. The molecule has 192 valence electrons. The molecule has 0 atom stereocenters. The number of rotatable bonds is 5. The van der Waals surface area contributed by atoms with E-state index in [2.05, 4.69) is 9.97 Å². The first kappa shape index (κ1) is 27.1. The van der Waals surface area contributed by atoms with E-state index in [1.165, 1.54) is 0 Å². The topological polar surface area (TPSA) is 80.2 Å². The number of sulfone groups is 1. The number of halogens is 6. The number of carbonyl (C=O) groups is 1. The van der Waals surface area contributed by atoms with Crippen LogP contribution in [0.5, 0.6) is 0 Å². The smallest absolute Gasteiger partial charge is 0.336 e. The van der Waals surface area contributed by atoms with E-state index >= 15 is 0 Å². The van der Waals surface area contributed by atoms with Gasteiger partial charge >= 0.3 is 12.4 Å². The average Bonchev–Trinajstić information content (AvgIpc) is 2.76. The highest BCUT2D eigenvalue weighted by atomic mass is 32.2. The number of hydrogen-bond acceptors (Lipinski definition) is 5. The van der Waals surface area contributed by atoms with Crippen molar-refractivity contribution in [1.29, 1.82) is 0 Å². The summed E-state index contributed by atoms with van der Waals surface area (Å²) in [6.45, 7) is 1.08. The molecule has 0 bridgehead atoms. The number of amides is 1. The van der Waals surface area contributed by atoms with Gasteiger partial charge in [-0.3, -0.25) is 4.79 Å². The maximum absolute atomic E-state index is 13.3. The van der Waals surface area contributed by atoms with Gasteiger partial charge in [-0.25, -0.2) is 18.4 Å². The first-order valence-electron chi connectivity index (χ1n) is 10.2. The summed E-state index contributed by atoms with van der Waals surface area (Å²) in [5, 5.41) is -0.657. The lowest BCUT2D eigenvalue weighted by Crippen LogP contribution is -2.29. The highest BCUT2D eigenvalue weighted by molar-refractivity contribution is 7.90. The second-order valence-corrected chi connectivity index (χ2v) is 9.99. The Morgan fingerprint density at radius 2 is 1.50 bits per heavy atom. The van der Waals surface area contributed by atoms with Crippen LogP contribution >= 0.6 is 0 Å². The van der Waals surface area contributed by atoms with Crippen molar-refractivity contribution < 1.29 is 39.6 Å². The highest BCUT2D eigenvalue weighted by Gasteiger charge is 2.37. The third-order valence-electron chi connectivity index (χ3n) is 5.15. The average molecular weight is 531 g/mol. The maximum Gasteiger partial charge on any atom is 0.416 e. The van der Waals surface area contributed by atoms with Crippen molar-refractivity contribution in [3.05, 3.63) is 76.6 Å². The molecule has 0 unspecified atom stereocenters. The molecule has 6 nitrogen and oxygen atoms in total. The molecule has 0 aliphatic rings. The van der Waals surface area contributed by atoms with Gasteiger partial charge in [0.2, 0.25) is 15.0 Å². The van der Waals surface area contributed by atoms with Gasteiger partial charge in [-0.05, 0) is 41.8 Å². The zero-order valence-corrected chi connectivity index (χ0v) is 19.9. The number of benzene rings is 2. The van der Waals surface area contributed by atoms with Crippen LogP contribution in [-0.2, 0) is 28.7 Å². The fourth-order valence-corrected chi connectivity index (χ4v) is 3.92. The van der Waals surface area contributed by atoms with Gasteiger partial charge in [0.15, 0.2) is 0 Å². The Morgan fingerprint density at radius 1 is 0.944 bits per heavy atom. The number of aryl methyl sites for hydroxylation is 1. The molecule has 0 radical (unpaired) electrons. The molecule has 0 N–H and O–H groups in total. The Morgan fingerprint density at radius 3 is 2.00 bits per heavy atom. The van der Waals surface area contributed by atoms with Crippen LogP contribution < -0.4 is 0 Å². The van der Waals surface area contributed by atoms with Crippen LogP contribution in [0.25, 0.3) is 11.1 Å². The van der Waals surface area contributed by atoms with Crippen LogP contribution in [-0.4, -0.2) is 42.5 Å². The van der Waals surface area contributed by atoms with Gasteiger partial charge in [0.1, 0.15) is 5.69 Å². The largest absolute Gasteiger partial charge is 0.416 e. The minimum absolute atomic E-state index is 0.00951. The molecule has 0 aliphatic heterocycles. The number of carbonyl (C=O) groups excluding carboxylic acids is 1. The third-order valence-corrected chi connectivity index (χ3v) is 6.01. The van der Waals surface area contributed by atoms with Gasteiger partial charge < -0.3 is 4.90 Å². The minimum Gasteiger partial charge on any atom is -0.336 e. The van der Waals surface area contributed by atoms with Crippen molar-refractivity contribution in [3.8, 4) is 11.1 Å². The highest BCUT2D eigenvalue weighted by Crippen LogP contribution is 2.36. The standard InChI is InChI=1S/C23H19F6N3O3S/c1-13-6-4-5-7-17(13)18-11-30-21(36(3,34)35)31-19(18)20(33)32(2)12-14-8-15(22(24,25)26)10-16(9-14)23(27,28)29/h4-11H,12H2,1-3H3. The predicted octanol–water partition coefficient (Wildman–Crippen LogP) is 5.17. The summed E-state index contributed by atoms with van der Waals surface area (Å²) in [4.78, 5) is 21.8. The van der Waals surface area contributed by atoms with E-state index in [9.17, 15) is 39.6 Å². The van der Waals surface area contributed by atoms with Crippen molar-refractivity contribution in [2.24, 2.45) is 0 Å². The molecule has 0 fully saturated rings. The van der Waals surface area contributed by atoms with E-state index in [4.69, 9.17) is 0 Å². The number of aromatic nitrogens is 2. The predicted molar refractivity (Wildman–Crippen MR) is 118 cm³/mol. The van der Waals surface area contributed by atoms with Gasteiger partial charge in [-0.15, -0.1) is 0 Å². The molecular formula is C23H19F6N3O3S. The van der Waals surface area contributed by atoms with Crippen molar-refractivity contribution in [3.63, 3.8) is 0 Å². The Hall–Kier alpha value is -3.48. The quantitative estimate of drug-likeness (QED) is 0.336. The first-order chi connectivity index (χ1) is 16.5. The lowest BCUT2D eigenvalue weighted by Gasteiger charge is -2.21. The zero-order valence-electron chi connectivity index (χ0n) is 19.1. The molecule has 0 saturated carbocycles. The first-order valence-corrected chi connectivity index (χ1v) is 12.0. The van der Waals surface area contributed by atoms with E-state index < -0.39 is 56.5 Å². The van der Waals surface area contributed by atoms with E-state index in [1.54, 1.807) is 31.2 Å². The fraction of sp³-hybridized carbons (Fsp3) is 0.261. The van der Waals surface area contributed by atoms with Crippen LogP contribution in [0.1, 0.15) is 32.7 Å². The van der Waals surface area contributed by atoms with Gasteiger partial charge in [0.05, 0.1) is 11.1 Å². The molecule has 3 rings (SSSR count). The van der Waals surface area contributed by atoms with Gasteiger partial charge in [0.25, 0.3) is 5.91 Å². The molecule has 0 spiro atoms. The Labute approximate surface area is 202 Å². The van der Waals surface area contributed by atoms with Gasteiger partial charge in [-0.2, -0.15) is 26.3 Å². The molecule has 0 aliphatic carbocycles. The van der Waals surface area contributed by atoms with E-state index in [0.29, 0.717) is 23.3 Å². The van der Waals surface area contributed by atoms with Crippen molar-refractivity contribution >= 4 is 15.7 Å². The van der Waals surface area contributed by atoms with Gasteiger partial charge in [-0.1, -0.05) is 24.3 Å². The van der Waals surface area contributed by atoms with Crippen molar-refractivity contribution in [1.82, 2.24) is 14.9 Å². The van der Waals surface area contributed by atoms with E-state index in [1.807, 2.05) is 0 Å². The van der Waals surface area contributed by atoms with Gasteiger partial charge in [0, 0.05) is 31.6 Å². The van der Waals surface area contributed by atoms with Crippen LogP contribution in [0.3, 0.4) is 0 Å². The number of alkyl halides is 6. The third kappa shape index (κ3) is 6.01. The molecular weight excluding hydrogens is 512 g/mol. The maximum atomic E-state index is 13.3. The van der Waals surface area contributed by atoms with Crippen LogP contribution in [0.2, 0.25) is 0 Å². The summed E-state index contributed by atoms with van der Waals surface area (Å²) in [6, 6.07) is 7.76. The van der Waals surface area contributed by atoms with Crippen molar-refractivity contribution in [2.45, 2.75) is 31.0 Å². The van der Waals surface area contributed by atoms with Crippen LogP contribution in [0.4, 0.5) is 26.3 Å². The lowest BCUT2D eigenvalue weighted by molar-refractivity contribution is -0.143. The Bertz CT molecular complexity index is 1390. The molecule has 3 aromatic rings. The lowest BCUT2D eigenvalue weighted by atomic mass is 10.00. The monoisotopic (exact) mass is 531 g/mol. The molecule has 1 heterocycles. The Kier molecular flexibility index (Phi) is 7.17. The summed E-state index contributed by atoms with van der Waals surface area (Å²) < 4.78 is 103. The molecule has 36 heavy (non-hydrogen) atoms. The normalized spacial score (nSPS) is 12.5. The fourth-order valence-electron chi connectivity index (χ4n) is 3.42. The number of nitrogens with zero attached hydrogens (tertiary/aromatic N) is 3. The Balaban J connectivity index is 2.09. The summed E-state index contributed by atoms with van der Waals surface area (Å²) in [7, 11) is -2.79. The molecule has 13 heteroatoms. The van der Waals surface area contributed by atoms with E-state index in [-0.39, 0.29) is 17.3 Å². The summed E-state index contributed by atoms with van der Waals surface area (Å²) in [5.41, 5.74) is -2.50. The van der Waals surface area contributed by atoms with Crippen molar-refractivity contribution in [2.75, 3.05) is 13.3 Å². The van der Waals surface area contributed by atoms with E-state index in [0.717, 1.165) is 24.4 Å². The molecule has 2 aromatic carbocycles. The van der Waals surface area contributed by atoms with Crippen LogP contribution in [0.15, 0.2) is 53.8 Å². The second kappa shape index (κ2) is 9.52. The second-order valence-electron chi connectivity index (χ2n) is 8.08. The SMILES string of the molecule is Cc1ccccc1-c1cnc(S(C)(=O)=O)nc1C(=O)N(C)Cc1cc(C(F)(F)F)cc(C(F)(F)F)c1. The van der Waals surface area contributed by atoms with Crippen LogP contribution in [0, 0.1) is 6.92 Å². The molecule has 1 amide bonds.